The molecule has 2 aliphatic heterocycles. The first-order valence-corrected chi connectivity index (χ1v) is 9.30. The quantitative estimate of drug-likeness (QED) is 0.489. The lowest BCUT2D eigenvalue weighted by atomic mass is 9.80. The Balaban J connectivity index is 2.33. The highest BCUT2D eigenvalue weighted by Gasteiger charge is 2.58. The van der Waals surface area contributed by atoms with E-state index in [1.54, 1.807) is 34.6 Å². The number of methoxy groups -OCH3 is 1. The van der Waals surface area contributed by atoms with Gasteiger partial charge in [0.15, 0.2) is 6.29 Å². The Bertz CT molecular complexity index is 564. The average molecular weight is 407 g/mol. The van der Waals surface area contributed by atoms with Crippen LogP contribution in [0.4, 0.5) is 4.79 Å². The third kappa shape index (κ3) is 4.43. The Morgan fingerprint density at radius 1 is 1.36 bits per heavy atom. The predicted molar refractivity (Wildman–Crippen MR) is 96.2 cm³/mol. The van der Waals surface area contributed by atoms with E-state index < -0.39 is 60.3 Å². The molecule has 0 aliphatic carbocycles. The van der Waals surface area contributed by atoms with Crippen LogP contribution in [0.1, 0.15) is 41.0 Å². The highest BCUT2D eigenvalue weighted by Crippen LogP contribution is 2.39. The van der Waals surface area contributed by atoms with Gasteiger partial charge in [-0.05, 0) is 34.6 Å². The summed E-state index contributed by atoms with van der Waals surface area (Å²) >= 11 is 0. The fourth-order valence-corrected chi connectivity index (χ4v) is 3.65. The lowest BCUT2D eigenvalue weighted by Gasteiger charge is -2.48. The summed E-state index contributed by atoms with van der Waals surface area (Å²) in [6.07, 6.45) is -6.21. The summed E-state index contributed by atoms with van der Waals surface area (Å²) in [5, 5.41) is 40.7. The van der Waals surface area contributed by atoms with Crippen molar-refractivity contribution in [2.45, 2.75) is 88.6 Å². The Labute approximate surface area is 164 Å². The van der Waals surface area contributed by atoms with Gasteiger partial charge in [0.2, 0.25) is 0 Å². The molecular weight excluding hydrogens is 374 g/mol. The molecule has 10 nitrogen and oxygen atoms in total. The molecule has 2 aliphatic rings. The van der Waals surface area contributed by atoms with E-state index in [9.17, 15) is 25.2 Å². The Morgan fingerprint density at radius 2 is 1.96 bits per heavy atom. The van der Waals surface area contributed by atoms with E-state index >= 15 is 0 Å². The molecular formula is C18H33NO9. The molecule has 164 valence electrons. The van der Waals surface area contributed by atoms with Crippen molar-refractivity contribution in [2.24, 2.45) is 0 Å². The van der Waals surface area contributed by atoms with E-state index in [1.165, 1.54) is 12.0 Å². The summed E-state index contributed by atoms with van der Waals surface area (Å²) in [6.45, 7) is 7.97. The van der Waals surface area contributed by atoms with Gasteiger partial charge in [0.25, 0.3) is 0 Å². The van der Waals surface area contributed by atoms with Gasteiger partial charge in [-0.15, -0.1) is 0 Å². The molecule has 2 rings (SSSR count). The van der Waals surface area contributed by atoms with Crippen LogP contribution in [0.15, 0.2) is 0 Å². The van der Waals surface area contributed by atoms with Crippen LogP contribution in [0.2, 0.25) is 0 Å². The first kappa shape index (κ1) is 23.3. The van der Waals surface area contributed by atoms with Crippen LogP contribution >= 0.6 is 0 Å². The van der Waals surface area contributed by atoms with Crippen molar-refractivity contribution >= 4 is 6.09 Å². The van der Waals surface area contributed by atoms with E-state index in [2.05, 4.69) is 0 Å². The molecule has 6 atom stereocenters. The number of carbonyl (C=O) groups excluding carboxylic acids is 1. The second-order valence-electron chi connectivity index (χ2n) is 8.79. The van der Waals surface area contributed by atoms with Crippen LogP contribution in [0.5, 0.6) is 0 Å². The maximum Gasteiger partial charge on any atom is 0.412 e. The topological polar surface area (TPSA) is 138 Å². The zero-order valence-electron chi connectivity index (χ0n) is 17.3. The summed E-state index contributed by atoms with van der Waals surface area (Å²) in [4.78, 5) is 14.2. The van der Waals surface area contributed by atoms with Crippen LogP contribution in [0, 0.1) is 0 Å². The number of hydrogen-bond acceptors (Lipinski definition) is 9. The van der Waals surface area contributed by atoms with Gasteiger partial charge >= 0.3 is 6.09 Å². The van der Waals surface area contributed by atoms with Crippen LogP contribution in [-0.4, -0.2) is 99.3 Å². The fourth-order valence-electron chi connectivity index (χ4n) is 3.65. The maximum absolute atomic E-state index is 12.8. The van der Waals surface area contributed by atoms with E-state index in [4.69, 9.17) is 18.9 Å². The summed E-state index contributed by atoms with van der Waals surface area (Å²) < 4.78 is 22.1. The molecule has 0 aromatic carbocycles. The first-order valence-electron chi connectivity index (χ1n) is 9.30. The van der Waals surface area contributed by atoms with Crippen molar-refractivity contribution in [2.75, 3.05) is 20.3 Å². The van der Waals surface area contributed by atoms with Gasteiger partial charge in [0, 0.05) is 13.5 Å². The van der Waals surface area contributed by atoms with Gasteiger partial charge in [0.1, 0.15) is 29.1 Å². The third-order valence-corrected chi connectivity index (χ3v) is 5.13. The zero-order valence-corrected chi connectivity index (χ0v) is 17.3. The zero-order chi connectivity index (χ0) is 21.5. The summed E-state index contributed by atoms with van der Waals surface area (Å²) in [6, 6.07) is -0.674. The third-order valence-electron chi connectivity index (χ3n) is 5.13. The van der Waals surface area contributed by atoms with Crippen molar-refractivity contribution in [1.29, 1.82) is 0 Å². The van der Waals surface area contributed by atoms with Crippen molar-refractivity contribution in [3.8, 4) is 0 Å². The largest absolute Gasteiger partial charge is 0.444 e. The number of aliphatic hydroxyl groups is 4. The van der Waals surface area contributed by atoms with Gasteiger partial charge in [-0.25, -0.2) is 4.79 Å². The molecule has 10 heteroatoms. The number of aliphatic hydroxyl groups excluding tert-OH is 3. The predicted octanol–water partition coefficient (Wildman–Crippen LogP) is -0.435. The molecule has 0 radical (unpaired) electrons. The minimum absolute atomic E-state index is 0.0920. The van der Waals surface area contributed by atoms with Crippen molar-refractivity contribution in [3.05, 3.63) is 0 Å². The molecule has 0 aromatic heterocycles. The standard InChI is InChI=1S/C18H33NO9/c1-16(2,3)28-15(23)19-10(9-26-17(19,4)5)11-7-18(24,12(21)8-20)13(22)14(25-6)27-11/h10-14,20-22,24H,7-9H2,1-6H3/t10-,11+,12+,13+,14+,18-/m1/s1. The highest BCUT2D eigenvalue weighted by atomic mass is 16.7. The van der Waals surface area contributed by atoms with Crippen LogP contribution in [-0.2, 0) is 18.9 Å². The first-order chi connectivity index (χ1) is 12.8. The molecule has 1 amide bonds. The normalized spacial score (nSPS) is 37.0. The van der Waals surface area contributed by atoms with Crippen molar-refractivity contribution in [1.82, 2.24) is 4.90 Å². The molecule has 28 heavy (non-hydrogen) atoms. The molecule has 0 saturated carbocycles. The van der Waals surface area contributed by atoms with Gasteiger partial charge < -0.3 is 39.4 Å². The number of nitrogens with zero attached hydrogens (tertiary/aromatic N) is 1. The van der Waals surface area contributed by atoms with Crippen LogP contribution < -0.4 is 0 Å². The minimum Gasteiger partial charge on any atom is -0.444 e. The van der Waals surface area contributed by atoms with Gasteiger partial charge in [-0.1, -0.05) is 0 Å². The van der Waals surface area contributed by atoms with Crippen LogP contribution in [0.25, 0.3) is 0 Å². The van der Waals surface area contributed by atoms with Crippen molar-refractivity contribution < 1.29 is 44.2 Å². The molecule has 2 saturated heterocycles. The van der Waals surface area contributed by atoms with E-state index in [-0.39, 0.29) is 13.0 Å². The van der Waals surface area contributed by atoms with E-state index in [0.29, 0.717) is 0 Å². The maximum atomic E-state index is 12.8. The van der Waals surface area contributed by atoms with Gasteiger partial charge in [0.05, 0.1) is 25.4 Å². The van der Waals surface area contributed by atoms with Crippen LogP contribution in [0.3, 0.4) is 0 Å². The number of amides is 1. The summed E-state index contributed by atoms with van der Waals surface area (Å²) in [5.74, 6) is 0. The monoisotopic (exact) mass is 407 g/mol. The van der Waals surface area contributed by atoms with Gasteiger partial charge in [-0.2, -0.15) is 0 Å². The minimum atomic E-state index is -2.09. The van der Waals surface area contributed by atoms with E-state index in [0.717, 1.165) is 0 Å². The van der Waals surface area contributed by atoms with Gasteiger partial charge in [-0.3, -0.25) is 4.90 Å². The molecule has 4 N–H and O–H groups in total. The lowest BCUT2D eigenvalue weighted by Crippen LogP contribution is -2.67. The average Bonchev–Trinajstić information content (AvgIpc) is 2.90. The summed E-state index contributed by atoms with van der Waals surface area (Å²) in [7, 11) is 1.28. The summed E-state index contributed by atoms with van der Waals surface area (Å²) in [5.41, 5.74) is -3.82. The second-order valence-corrected chi connectivity index (χ2v) is 8.79. The number of ether oxygens (including phenoxy) is 4. The fraction of sp³-hybridized carbons (Fsp3) is 0.944. The Kier molecular flexibility index (Phi) is 6.66. The molecule has 0 aromatic rings. The highest BCUT2D eigenvalue weighted by molar-refractivity contribution is 5.70. The molecule has 0 unspecified atom stereocenters. The lowest BCUT2D eigenvalue weighted by molar-refractivity contribution is -0.313. The van der Waals surface area contributed by atoms with Crippen molar-refractivity contribution in [3.63, 3.8) is 0 Å². The SMILES string of the molecule is CO[C@H]1O[C@H]([C@H]2COC(C)(C)N2C(=O)OC(C)(C)C)C[C@@](O)([C@@H](O)CO)[C@H]1O. The number of hydrogen-bond donors (Lipinski definition) is 4. The molecule has 2 fully saturated rings. The van der Waals surface area contributed by atoms with E-state index in [1.807, 2.05) is 0 Å². The Hall–Kier alpha value is -1.01. The Morgan fingerprint density at radius 3 is 2.46 bits per heavy atom. The smallest absolute Gasteiger partial charge is 0.412 e. The number of rotatable bonds is 4. The molecule has 2 heterocycles. The molecule has 0 bridgehead atoms. The number of carbonyl (C=O) groups is 1. The molecule has 0 spiro atoms. The second kappa shape index (κ2) is 8.02.